The van der Waals surface area contributed by atoms with Crippen LogP contribution in [0.2, 0.25) is 0 Å². The molecular weight excluding hydrogens is 284 g/mol. The van der Waals surface area contributed by atoms with Crippen LogP contribution < -0.4 is 0 Å². The molecule has 0 saturated heterocycles. The number of rotatable bonds is 3. The Bertz CT molecular complexity index is 868. The second kappa shape index (κ2) is 5.18. The molecule has 104 valence electrons. The van der Waals surface area contributed by atoms with Gasteiger partial charge >= 0.3 is 0 Å². The van der Waals surface area contributed by atoms with E-state index in [0.717, 1.165) is 15.8 Å². The average molecular weight is 296 g/mol. The van der Waals surface area contributed by atoms with Crippen LogP contribution in [-0.4, -0.2) is 21.2 Å². The highest BCUT2D eigenvalue weighted by atomic mass is 32.1. The van der Waals surface area contributed by atoms with Gasteiger partial charge in [0.2, 0.25) is 0 Å². The van der Waals surface area contributed by atoms with Crippen LogP contribution in [-0.2, 0) is 0 Å². The molecule has 1 heterocycles. The predicted molar refractivity (Wildman–Crippen MR) is 82.9 cm³/mol. The van der Waals surface area contributed by atoms with Gasteiger partial charge in [0.25, 0.3) is 0 Å². The second-order valence-corrected chi connectivity index (χ2v) is 5.52. The third kappa shape index (κ3) is 2.25. The van der Waals surface area contributed by atoms with E-state index in [1.165, 1.54) is 18.5 Å². The first-order valence-electron chi connectivity index (χ1n) is 6.46. The summed E-state index contributed by atoms with van der Waals surface area (Å²) in [5.74, 6) is -0.0185. The molecule has 5 heteroatoms. The Hall–Kier alpha value is -2.40. The molecule has 0 bridgehead atoms. The van der Waals surface area contributed by atoms with Crippen molar-refractivity contribution >= 4 is 33.3 Å². The fraction of sp³-hybridized carbons (Fsp3) is 0.125. The molecule has 1 aromatic heterocycles. The first-order chi connectivity index (χ1) is 10.1. The summed E-state index contributed by atoms with van der Waals surface area (Å²) in [4.78, 5) is 23.5. The van der Waals surface area contributed by atoms with Crippen molar-refractivity contribution in [2.75, 3.05) is 0 Å². The largest absolute Gasteiger partial charge is 0.294 e. The van der Waals surface area contributed by atoms with Crippen molar-refractivity contribution in [2.24, 2.45) is 0 Å². The minimum Gasteiger partial charge on any atom is -0.294 e. The summed E-state index contributed by atoms with van der Waals surface area (Å²) in [7, 11) is 0. The normalized spacial score (nSPS) is 10.8. The van der Waals surface area contributed by atoms with Gasteiger partial charge in [-0.15, -0.1) is 5.10 Å². The lowest BCUT2D eigenvalue weighted by atomic mass is 9.95. The minimum absolute atomic E-state index is 0.00224. The smallest absolute Gasteiger partial charge is 0.161 e. The summed E-state index contributed by atoms with van der Waals surface area (Å²) in [6.07, 6.45) is 0. The summed E-state index contributed by atoms with van der Waals surface area (Å²) in [6, 6.07) is 11.0. The zero-order chi connectivity index (χ0) is 15.0. The summed E-state index contributed by atoms with van der Waals surface area (Å²) in [5, 5.41) is 4.14. The predicted octanol–water partition coefficient (Wildman–Crippen LogP) is 3.76. The number of carbonyl (C=O) groups excluding carboxylic acids is 2. The molecule has 0 fully saturated rings. The lowest BCUT2D eigenvalue weighted by Crippen LogP contribution is -1.98. The highest BCUT2D eigenvalue weighted by Crippen LogP contribution is 2.33. The minimum atomic E-state index is -0.0162. The van der Waals surface area contributed by atoms with Crippen molar-refractivity contribution in [3.05, 3.63) is 47.5 Å². The molecule has 3 aromatic rings. The van der Waals surface area contributed by atoms with Crippen molar-refractivity contribution in [2.45, 2.75) is 13.8 Å². The number of fused-ring (bicyclic) bond motifs is 1. The molecule has 0 radical (unpaired) electrons. The van der Waals surface area contributed by atoms with Gasteiger partial charge in [0, 0.05) is 16.7 Å². The van der Waals surface area contributed by atoms with E-state index in [4.69, 9.17) is 0 Å². The Morgan fingerprint density at radius 2 is 1.62 bits per heavy atom. The van der Waals surface area contributed by atoms with Gasteiger partial charge in [-0.2, -0.15) is 0 Å². The van der Waals surface area contributed by atoms with E-state index in [-0.39, 0.29) is 11.6 Å². The number of hydrogen-bond donors (Lipinski definition) is 0. The van der Waals surface area contributed by atoms with Gasteiger partial charge < -0.3 is 0 Å². The Labute approximate surface area is 125 Å². The molecule has 0 aliphatic rings. The van der Waals surface area contributed by atoms with Crippen LogP contribution in [0.4, 0.5) is 0 Å². The zero-order valence-corrected chi connectivity index (χ0v) is 12.4. The lowest BCUT2D eigenvalue weighted by molar-refractivity contribution is 0.101. The van der Waals surface area contributed by atoms with Crippen LogP contribution in [0.1, 0.15) is 34.6 Å². The number of Topliss-reactive ketones (excluding diaryl/α,β-unsaturated/α-hetero) is 2. The van der Waals surface area contributed by atoms with Crippen LogP contribution in [0.5, 0.6) is 0 Å². The summed E-state index contributed by atoms with van der Waals surface area (Å²) < 4.78 is 4.72. The Kier molecular flexibility index (Phi) is 3.35. The van der Waals surface area contributed by atoms with Crippen LogP contribution in [0, 0.1) is 0 Å². The van der Waals surface area contributed by atoms with Gasteiger partial charge in [-0.25, -0.2) is 0 Å². The highest BCUT2D eigenvalue weighted by Gasteiger charge is 2.17. The highest BCUT2D eigenvalue weighted by molar-refractivity contribution is 7.13. The van der Waals surface area contributed by atoms with Crippen molar-refractivity contribution in [1.29, 1.82) is 0 Å². The molecule has 0 amide bonds. The molecule has 3 rings (SSSR count). The standard InChI is InChI=1S/C16H12N2O2S/c1-9(19)11-5-3-4-6-13(11)14-8-7-12(10(2)20)16-15(14)17-18-21-16/h3-8H,1-2H3. The maximum atomic E-state index is 11.8. The van der Waals surface area contributed by atoms with E-state index in [0.29, 0.717) is 16.6 Å². The number of ketones is 2. The van der Waals surface area contributed by atoms with Gasteiger partial charge in [0.15, 0.2) is 11.6 Å². The lowest BCUT2D eigenvalue weighted by Gasteiger charge is -2.08. The number of carbonyl (C=O) groups is 2. The maximum absolute atomic E-state index is 11.8. The SMILES string of the molecule is CC(=O)c1ccccc1-c1ccc(C(C)=O)c2snnc12. The molecule has 4 nitrogen and oxygen atoms in total. The quantitative estimate of drug-likeness (QED) is 0.690. The molecule has 0 atom stereocenters. The molecule has 0 spiro atoms. The average Bonchev–Trinajstić information content (AvgIpc) is 2.95. The molecule has 2 aromatic carbocycles. The summed E-state index contributed by atoms with van der Waals surface area (Å²) in [5.41, 5.74) is 3.57. The van der Waals surface area contributed by atoms with Gasteiger partial charge in [-0.05, 0) is 37.0 Å². The fourth-order valence-corrected chi connectivity index (χ4v) is 3.14. The van der Waals surface area contributed by atoms with E-state index >= 15 is 0 Å². The van der Waals surface area contributed by atoms with Gasteiger partial charge in [0.05, 0.1) is 4.70 Å². The van der Waals surface area contributed by atoms with E-state index in [2.05, 4.69) is 9.59 Å². The Morgan fingerprint density at radius 3 is 2.33 bits per heavy atom. The molecule has 0 aliphatic heterocycles. The fourth-order valence-electron chi connectivity index (χ4n) is 2.38. The number of aromatic nitrogens is 2. The van der Waals surface area contributed by atoms with E-state index in [1.807, 2.05) is 24.3 Å². The van der Waals surface area contributed by atoms with Crippen LogP contribution in [0.25, 0.3) is 21.3 Å². The van der Waals surface area contributed by atoms with Crippen molar-refractivity contribution < 1.29 is 9.59 Å². The third-order valence-corrected chi connectivity index (χ3v) is 4.14. The van der Waals surface area contributed by atoms with Crippen LogP contribution >= 0.6 is 11.5 Å². The summed E-state index contributed by atoms with van der Waals surface area (Å²) in [6.45, 7) is 3.07. The topological polar surface area (TPSA) is 59.9 Å². The van der Waals surface area contributed by atoms with Gasteiger partial charge in [-0.3, -0.25) is 9.59 Å². The maximum Gasteiger partial charge on any atom is 0.161 e. The molecule has 0 unspecified atom stereocenters. The van der Waals surface area contributed by atoms with E-state index in [9.17, 15) is 9.59 Å². The van der Waals surface area contributed by atoms with Crippen molar-refractivity contribution in [3.8, 4) is 11.1 Å². The third-order valence-electron chi connectivity index (χ3n) is 3.38. The molecular formula is C16H12N2O2S. The van der Waals surface area contributed by atoms with Crippen LogP contribution in [0.15, 0.2) is 36.4 Å². The molecule has 21 heavy (non-hydrogen) atoms. The first kappa shape index (κ1) is 13.6. The molecule has 0 saturated carbocycles. The van der Waals surface area contributed by atoms with Gasteiger partial charge in [-0.1, -0.05) is 34.8 Å². The number of hydrogen-bond acceptors (Lipinski definition) is 5. The first-order valence-corrected chi connectivity index (χ1v) is 7.23. The summed E-state index contributed by atoms with van der Waals surface area (Å²) >= 11 is 1.20. The van der Waals surface area contributed by atoms with E-state index < -0.39 is 0 Å². The molecule has 0 N–H and O–H groups in total. The molecule has 0 aliphatic carbocycles. The zero-order valence-electron chi connectivity index (χ0n) is 11.6. The van der Waals surface area contributed by atoms with Crippen molar-refractivity contribution in [1.82, 2.24) is 9.59 Å². The van der Waals surface area contributed by atoms with Crippen molar-refractivity contribution in [3.63, 3.8) is 0 Å². The second-order valence-electron chi connectivity index (χ2n) is 4.77. The van der Waals surface area contributed by atoms with E-state index in [1.54, 1.807) is 19.1 Å². The van der Waals surface area contributed by atoms with Crippen LogP contribution in [0.3, 0.4) is 0 Å². The number of benzene rings is 2. The Morgan fingerprint density at radius 1 is 0.905 bits per heavy atom. The monoisotopic (exact) mass is 296 g/mol. The Balaban J connectivity index is 2.33. The van der Waals surface area contributed by atoms with Gasteiger partial charge in [0.1, 0.15) is 5.52 Å². The number of nitrogens with zero attached hydrogens (tertiary/aromatic N) is 2.